The highest BCUT2D eigenvalue weighted by atomic mass is 32.1. The fourth-order valence-corrected chi connectivity index (χ4v) is 2.35. The monoisotopic (exact) mass is 309 g/mol. The topological polar surface area (TPSA) is 95.7 Å². The van der Waals surface area contributed by atoms with Crippen LogP contribution in [0.5, 0.6) is 17.2 Å². The largest absolute Gasteiger partial charge is 0.493 e. The third kappa shape index (κ3) is 3.41. The van der Waals surface area contributed by atoms with Crippen LogP contribution in [0.3, 0.4) is 0 Å². The number of hydrazine groups is 1. The Bertz CT molecular complexity index is 607. The minimum Gasteiger partial charge on any atom is -0.493 e. The second-order valence-corrected chi connectivity index (χ2v) is 4.76. The maximum Gasteiger partial charge on any atom is 0.294 e. The first-order chi connectivity index (χ1) is 10.2. The van der Waals surface area contributed by atoms with Crippen molar-refractivity contribution in [1.82, 2.24) is 10.4 Å². The van der Waals surface area contributed by atoms with E-state index in [1.54, 1.807) is 37.8 Å². The molecule has 0 saturated carbocycles. The lowest BCUT2D eigenvalue weighted by molar-refractivity contribution is 0.0953. The molecule has 0 fully saturated rings. The summed E-state index contributed by atoms with van der Waals surface area (Å²) in [6.45, 7) is 0.186. The molecule has 0 atom stereocenters. The zero-order valence-corrected chi connectivity index (χ0v) is 12.4. The van der Waals surface area contributed by atoms with Crippen molar-refractivity contribution in [3.05, 3.63) is 34.3 Å². The number of para-hydroxylation sites is 1. The van der Waals surface area contributed by atoms with Gasteiger partial charge in [0.05, 0.1) is 19.9 Å². The van der Waals surface area contributed by atoms with Crippen LogP contribution >= 0.6 is 11.3 Å². The number of thiazole rings is 1. The van der Waals surface area contributed by atoms with E-state index in [2.05, 4.69) is 4.98 Å². The normalized spacial score (nSPS) is 10.0. The fraction of sp³-hybridized carbons (Fsp3) is 0.231. The molecule has 1 aromatic heterocycles. The number of ether oxygens (including phenoxy) is 3. The van der Waals surface area contributed by atoms with Gasteiger partial charge in [0, 0.05) is 5.38 Å². The van der Waals surface area contributed by atoms with E-state index >= 15 is 0 Å². The number of methoxy groups -OCH3 is 2. The van der Waals surface area contributed by atoms with E-state index in [9.17, 15) is 4.79 Å². The Kier molecular flexibility index (Phi) is 4.96. The molecule has 0 aliphatic rings. The second kappa shape index (κ2) is 6.91. The van der Waals surface area contributed by atoms with E-state index in [1.165, 1.54) is 11.3 Å². The van der Waals surface area contributed by atoms with E-state index < -0.39 is 5.91 Å². The Labute approximate surface area is 125 Å². The molecule has 112 valence electrons. The summed E-state index contributed by atoms with van der Waals surface area (Å²) in [6.07, 6.45) is 0. The van der Waals surface area contributed by atoms with Gasteiger partial charge in [-0.05, 0) is 12.1 Å². The van der Waals surface area contributed by atoms with Crippen LogP contribution < -0.4 is 25.5 Å². The smallest absolute Gasteiger partial charge is 0.294 e. The van der Waals surface area contributed by atoms with Crippen LogP contribution in [0.4, 0.5) is 0 Å². The predicted octanol–water partition coefficient (Wildman–Crippen LogP) is 1.34. The summed E-state index contributed by atoms with van der Waals surface area (Å²) < 4.78 is 16.2. The van der Waals surface area contributed by atoms with Crippen molar-refractivity contribution in [2.45, 2.75) is 6.61 Å². The number of hydrogen-bond acceptors (Lipinski definition) is 7. The summed E-state index contributed by atoms with van der Waals surface area (Å²) >= 11 is 1.19. The minimum atomic E-state index is -0.430. The standard InChI is InChI=1S/C13H15N3O4S/c1-18-9-4-3-5-10(19-2)11(9)20-6-8-7-21-13(15-8)12(17)16-14/h3-5,7H,6,14H2,1-2H3,(H,16,17). The lowest BCUT2D eigenvalue weighted by Gasteiger charge is -2.13. The van der Waals surface area contributed by atoms with Crippen LogP contribution in [0.1, 0.15) is 15.5 Å². The number of rotatable bonds is 6. The molecule has 2 aromatic rings. The average Bonchev–Trinajstić information content (AvgIpc) is 3.00. The highest BCUT2D eigenvalue weighted by Gasteiger charge is 2.14. The highest BCUT2D eigenvalue weighted by Crippen LogP contribution is 2.37. The van der Waals surface area contributed by atoms with E-state index in [1.807, 2.05) is 5.43 Å². The summed E-state index contributed by atoms with van der Waals surface area (Å²) in [5.41, 5.74) is 2.65. The summed E-state index contributed by atoms with van der Waals surface area (Å²) in [5, 5.41) is 2.01. The van der Waals surface area contributed by atoms with E-state index in [0.29, 0.717) is 22.9 Å². The highest BCUT2D eigenvalue weighted by molar-refractivity contribution is 7.11. The predicted molar refractivity (Wildman–Crippen MR) is 77.6 cm³/mol. The van der Waals surface area contributed by atoms with Crippen molar-refractivity contribution in [1.29, 1.82) is 0 Å². The van der Waals surface area contributed by atoms with Gasteiger partial charge in [0.15, 0.2) is 16.5 Å². The van der Waals surface area contributed by atoms with Crippen molar-refractivity contribution < 1.29 is 19.0 Å². The summed E-state index contributed by atoms with van der Waals surface area (Å²) in [7, 11) is 3.10. The molecule has 21 heavy (non-hydrogen) atoms. The molecule has 0 bridgehead atoms. The van der Waals surface area contributed by atoms with Gasteiger partial charge in [-0.1, -0.05) is 6.07 Å². The summed E-state index contributed by atoms with van der Waals surface area (Å²) in [5.74, 6) is 6.23. The molecule has 1 amide bonds. The first-order valence-corrected chi connectivity index (χ1v) is 6.86. The van der Waals surface area contributed by atoms with Gasteiger partial charge in [-0.15, -0.1) is 11.3 Å². The fourth-order valence-electron chi connectivity index (χ4n) is 1.64. The minimum absolute atomic E-state index is 0.186. The number of aromatic nitrogens is 1. The number of nitrogens with two attached hydrogens (primary N) is 1. The Hall–Kier alpha value is -2.32. The lowest BCUT2D eigenvalue weighted by Crippen LogP contribution is -2.29. The maximum absolute atomic E-state index is 11.3. The molecule has 0 spiro atoms. The van der Waals surface area contributed by atoms with Crippen LogP contribution in [0.2, 0.25) is 0 Å². The number of amides is 1. The molecule has 1 aromatic carbocycles. The van der Waals surface area contributed by atoms with Crippen LogP contribution in [0.25, 0.3) is 0 Å². The molecule has 0 aliphatic carbocycles. The Morgan fingerprint density at radius 1 is 1.33 bits per heavy atom. The van der Waals surface area contributed by atoms with Crippen LogP contribution in [0, 0.1) is 0 Å². The number of nitrogen functional groups attached to an aromatic ring is 1. The molecule has 0 saturated heterocycles. The molecular formula is C13H15N3O4S. The van der Waals surface area contributed by atoms with E-state index in [-0.39, 0.29) is 11.6 Å². The summed E-state index contributed by atoms with van der Waals surface area (Å²) in [6, 6.07) is 5.34. The molecule has 0 unspecified atom stereocenters. The molecule has 7 nitrogen and oxygen atoms in total. The number of hydrogen-bond donors (Lipinski definition) is 2. The number of nitrogens with zero attached hydrogens (tertiary/aromatic N) is 1. The number of carbonyl (C=O) groups is 1. The number of benzene rings is 1. The molecule has 1 heterocycles. The number of carbonyl (C=O) groups excluding carboxylic acids is 1. The van der Waals surface area contributed by atoms with Crippen molar-refractivity contribution in [2.75, 3.05) is 14.2 Å². The third-order valence-electron chi connectivity index (χ3n) is 2.62. The van der Waals surface area contributed by atoms with Crippen LogP contribution in [-0.4, -0.2) is 25.1 Å². The van der Waals surface area contributed by atoms with Gasteiger partial charge in [-0.3, -0.25) is 10.2 Å². The van der Waals surface area contributed by atoms with E-state index in [4.69, 9.17) is 20.1 Å². The lowest BCUT2D eigenvalue weighted by atomic mass is 10.3. The Morgan fingerprint density at radius 2 is 2.00 bits per heavy atom. The summed E-state index contributed by atoms with van der Waals surface area (Å²) in [4.78, 5) is 15.5. The van der Waals surface area contributed by atoms with Crippen LogP contribution in [-0.2, 0) is 6.61 Å². The van der Waals surface area contributed by atoms with Gasteiger partial charge in [0.25, 0.3) is 5.91 Å². The first-order valence-electron chi connectivity index (χ1n) is 5.98. The third-order valence-corrected chi connectivity index (χ3v) is 3.51. The van der Waals surface area contributed by atoms with Crippen molar-refractivity contribution in [2.24, 2.45) is 5.84 Å². The van der Waals surface area contributed by atoms with Crippen molar-refractivity contribution >= 4 is 17.2 Å². The Morgan fingerprint density at radius 3 is 2.57 bits per heavy atom. The molecule has 2 rings (SSSR count). The average molecular weight is 309 g/mol. The van der Waals surface area contributed by atoms with Crippen molar-refractivity contribution in [3.8, 4) is 17.2 Å². The van der Waals surface area contributed by atoms with Gasteiger partial charge in [0.1, 0.15) is 6.61 Å². The van der Waals surface area contributed by atoms with E-state index in [0.717, 1.165) is 0 Å². The zero-order chi connectivity index (χ0) is 15.2. The van der Waals surface area contributed by atoms with Gasteiger partial charge < -0.3 is 14.2 Å². The first kappa shape index (κ1) is 15.1. The van der Waals surface area contributed by atoms with Gasteiger partial charge in [0.2, 0.25) is 5.75 Å². The zero-order valence-electron chi connectivity index (χ0n) is 11.6. The molecule has 0 radical (unpaired) electrons. The SMILES string of the molecule is COc1cccc(OC)c1OCc1csc(C(=O)NN)n1. The van der Waals surface area contributed by atoms with Gasteiger partial charge >= 0.3 is 0 Å². The van der Waals surface area contributed by atoms with Crippen molar-refractivity contribution in [3.63, 3.8) is 0 Å². The quantitative estimate of drug-likeness (QED) is 0.475. The second-order valence-electron chi connectivity index (χ2n) is 3.90. The van der Waals surface area contributed by atoms with Gasteiger partial charge in [-0.2, -0.15) is 0 Å². The van der Waals surface area contributed by atoms with Gasteiger partial charge in [-0.25, -0.2) is 10.8 Å². The molecule has 8 heteroatoms. The molecular weight excluding hydrogens is 294 g/mol. The molecule has 0 aliphatic heterocycles. The van der Waals surface area contributed by atoms with Crippen LogP contribution in [0.15, 0.2) is 23.6 Å². The maximum atomic E-state index is 11.3. The number of nitrogens with one attached hydrogen (secondary N) is 1. The molecule has 3 N–H and O–H groups in total. The Balaban J connectivity index is 2.13.